The van der Waals surface area contributed by atoms with Crippen molar-refractivity contribution in [2.24, 2.45) is 9.50 Å². The van der Waals surface area contributed by atoms with Crippen LogP contribution in [0.4, 0.5) is 0 Å². The lowest BCUT2D eigenvalue weighted by Gasteiger charge is -2.13. The van der Waals surface area contributed by atoms with E-state index in [1.807, 2.05) is 24.3 Å². The monoisotopic (exact) mass is 399 g/mol. The van der Waals surface area contributed by atoms with Crippen molar-refractivity contribution < 1.29 is 8.42 Å². The van der Waals surface area contributed by atoms with E-state index in [1.54, 1.807) is 37.5 Å². The van der Waals surface area contributed by atoms with Crippen molar-refractivity contribution in [3.63, 3.8) is 0 Å². The van der Waals surface area contributed by atoms with Crippen LogP contribution in [0.15, 0.2) is 93.3 Å². The second-order valence-corrected chi connectivity index (χ2v) is 8.46. The largest absolute Gasteiger partial charge is 0.285 e. The van der Waals surface area contributed by atoms with E-state index in [-0.39, 0.29) is 4.90 Å². The van der Waals surface area contributed by atoms with Gasteiger partial charge < -0.3 is 0 Å². The van der Waals surface area contributed by atoms with Crippen LogP contribution >= 0.6 is 0 Å². The van der Waals surface area contributed by atoms with Crippen LogP contribution in [0.3, 0.4) is 0 Å². The highest BCUT2D eigenvalue weighted by molar-refractivity contribution is 7.90. The highest BCUT2D eigenvalue weighted by Crippen LogP contribution is 2.29. The Kier molecular flexibility index (Phi) is 3.96. The minimum atomic E-state index is -3.68. The van der Waals surface area contributed by atoms with Gasteiger partial charge in [-0.2, -0.15) is 13.5 Å². The fourth-order valence-electron chi connectivity index (χ4n) is 3.71. The summed E-state index contributed by atoms with van der Waals surface area (Å²) in [5.74, 6) is 0.321. The van der Waals surface area contributed by atoms with E-state index < -0.39 is 10.0 Å². The van der Waals surface area contributed by atoms with Gasteiger partial charge in [-0.15, -0.1) is 4.40 Å². The van der Waals surface area contributed by atoms with Crippen LogP contribution in [-0.2, 0) is 10.0 Å². The molecule has 1 aliphatic rings. The van der Waals surface area contributed by atoms with Crippen molar-refractivity contribution in [3.8, 4) is 0 Å². The van der Waals surface area contributed by atoms with E-state index in [1.165, 1.54) is 5.01 Å². The zero-order valence-corrected chi connectivity index (χ0v) is 16.5. The third-order valence-corrected chi connectivity index (χ3v) is 6.42. The first-order valence-electron chi connectivity index (χ1n) is 9.17. The topological polar surface area (TPSA) is 62.1 Å². The number of hydrogen-bond acceptors (Lipinski definition) is 4. The molecular formula is C23H17N3O2S. The van der Waals surface area contributed by atoms with Gasteiger partial charge in [-0.25, -0.2) is 5.01 Å². The number of rotatable bonds is 2. The zero-order chi connectivity index (χ0) is 20.0. The first-order chi connectivity index (χ1) is 14.0. The summed E-state index contributed by atoms with van der Waals surface area (Å²) in [6.07, 6.45) is 1.78. The third kappa shape index (κ3) is 2.89. The maximum Gasteiger partial charge on any atom is 0.285 e. The molecule has 142 valence electrons. The Balaban J connectivity index is 1.63. The summed E-state index contributed by atoms with van der Waals surface area (Å²) in [7, 11) is -1.97. The summed E-state index contributed by atoms with van der Waals surface area (Å²) in [4.78, 5) is 0.215. The predicted octanol–water partition coefficient (Wildman–Crippen LogP) is 4.41. The van der Waals surface area contributed by atoms with E-state index in [4.69, 9.17) is 0 Å². The maximum absolute atomic E-state index is 12.3. The first kappa shape index (κ1) is 17.6. The van der Waals surface area contributed by atoms with Crippen LogP contribution < -0.4 is 0 Å². The summed E-state index contributed by atoms with van der Waals surface area (Å²) in [5.41, 5.74) is 1.55. The minimum Gasteiger partial charge on any atom is -0.250 e. The molecule has 0 amide bonds. The van der Waals surface area contributed by atoms with Crippen LogP contribution in [0.5, 0.6) is 0 Å². The van der Waals surface area contributed by atoms with Gasteiger partial charge in [0.2, 0.25) is 0 Å². The van der Waals surface area contributed by atoms with Crippen LogP contribution in [-0.4, -0.2) is 32.5 Å². The molecule has 6 heteroatoms. The van der Waals surface area contributed by atoms with Crippen LogP contribution in [0, 0.1) is 0 Å². The quantitative estimate of drug-likeness (QED) is 0.285. The molecule has 0 fully saturated rings. The fourth-order valence-corrected chi connectivity index (χ4v) is 4.94. The molecule has 0 bridgehead atoms. The molecule has 1 heterocycles. The molecule has 1 aliphatic heterocycles. The van der Waals surface area contributed by atoms with Crippen molar-refractivity contribution in [1.29, 1.82) is 0 Å². The number of hydrazone groups is 1. The van der Waals surface area contributed by atoms with Crippen molar-refractivity contribution in [3.05, 3.63) is 90.0 Å². The number of fused-ring (bicyclic) bond motifs is 3. The third-order valence-electron chi connectivity index (χ3n) is 5.09. The SMILES string of the molecule is CN(/N=C/c1c2ccccc2cc2ccccc12)C1=NS(=O)(=O)c2ccccc21. The molecule has 0 N–H and O–H groups in total. The molecule has 29 heavy (non-hydrogen) atoms. The van der Waals surface area contributed by atoms with Gasteiger partial charge in [0.1, 0.15) is 4.90 Å². The molecule has 0 radical (unpaired) electrons. The Morgan fingerprint density at radius 3 is 2.14 bits per heavy atom. The molecule has 0 saturated heterocycles. The number of amidine groups is 1. The first-order valence-corrected chi connectivity index (χ1v) is 10.6. The summed E-state index contributed by atoms with van der Waals surface area (Å²) < 4.78 is 28.6. The van der Waals surface area contributed by atoms with Crippen molar-refractivity contribution in [2.75, 3.05) is 7.05 Å². The number of sulfonamides is 1. The Morgan fingerprint density at radius 2 is 1.45 bits per heavy atom. The van der Waals surface area contributed by atoms with Gasteiger partial charge in [-0.3, -0.25) is 0 Å². The highest BCUT2D eigenvalue weighted by atomic mass is 32.2. The van der Waals surface area contributed by atoms with Crippen molar-refractivity contribution in [1.82, 2.24) is 5.01 Å². The second kappa shape index (κ2) is 6.53. The number of benzene rings is 4. The van der Waals surface area contributed by atoms with E-state index in [0.717, 1.165) is 27.1 Å². The molecule has 5 nitrogen and oxygen atoms in total. The summed E-state index contributed by atoms with van der Waals surface area (Å²) >= 11 is 0. The van der Waals surface area contributed by atoms with E-state index in [0.29, 0.717) is 11.4 Å². The lowest BCUT2D eigenvalue weighted by Crippen LogP contribution is -2.21. The normalized spacial score (nSPS) is 15.0. The second-order valence-electron chi connectivity index (χ2n) is 6.89. The van der Waals surface area contributed by atoms with Gasteiger partial charge in [0.15, 0.2) is 5.84 Å². The summed E-state index contributed by atoms with van der Waals surface area (Å²) in [6, 6.07) is 25.3. The van der Waals surface area contributed by atoms with Gasteiger partial charge >= 0.3 is 0 Å². The van der Waals surface area contributed by atoms with Gasteiger partial charge in [-0.05, 0) is 39.7 Å². The van der Waals surface area contributed by atoms with Crippen LogP contribution in [0.25, 0.3) is 21.5 Å². The van der Waals surface area contributed by atoms with E-state index >= 15 is 0 Å². The summed E-state index contributed by atoms with van der Waals surface area (Å²) in [6.45, 7) is 0. The van der Waals surface area contributed by atoms with Gasteiger partial charge in [0, 0.05) is 18.2 Å². The minimum absolute atomic E-state index is 0.215. The van der Waals surface area contributed by atoms with Gasteiger partial charge in [0.25, 0.3) is 10.0 Å². The van der Waals surface area contributed by atoms with E-state index in [2.05, 4.69) is 39.8 Å². The fraction of sp³-hybridized carbons (Fsp3) is 0.0435. The predicted molar refractivity (Wildman–Crippen MR) is 117 cm³/mol. The molecule has 0 aliphatic carbocycles. The van der Waals surface area contributed by atoms with Crippen LogP contribution in [0.1, 0.15) is 11.1 Å². The van der Waals surface area contributed by atoms with E-state index in [9.17, 15) is 8.42 Å². The molecule has 5 rings (SSSR count). The molecule has 0 saturated carbocycles. The highest BCUT2D eigenvalue weighted by Gasteiger charge is 2.30. The van der Waals surface area contributed by atoms with Crippen molar-refractivity contribution in [2.45, 2.75) is 4.90 Å². The Bertz CT molecular complexity index is 1390. The molecule has 4 aromatic rings. The van der Waals surface area contributed by atoms with Gasteiger partial charge in [0.05, 0.1) is 6.21 Å². The Labute approximate surface area is 168 Å². The zero-order valence-electron chi connectivity index (χ0n) is 15.6. The molecule has 0 spiro atoms. The standard InChI is InChI=1S/C23H17N3O2S/c1-26(23-20-12-6-7-13-22(20)29(27,28)25-23)24-15-21-18-10-4-2-8-16(18)14-17-9-3-5-11-19(17)21/h2-15H,1H3/b24-15+. The molecular weight excluding hydrogens is 382 g/mol. The number of nitrogens with zero attached hydrogens (tertiary/aromatic N) is 3. The smallest absolute Gasteiger partial charge is 0.250 e. The Morgan fingerprint density at radius 1 is 0.862 bits per heavy atom. The number of hydrogen-bond donors (Lipinski definition) is 0. The van der Waals surface area contributed by atoms with Crippen molar-refractivity contribution >= 4 is 43.6 Å². The Hall–Kier alpha value is -3.51. The molecule has 4 aromatic carbocycles. The molecule has 0 atom stereocenters. The molecule has 0 aromatic heterocycles. The average molecular weight is 399 g/mol. The lowest BCUT2D eigenvalue weighted by molar-refractivity contribution is 0.549. The van der Waals surface area contributed by atoms with Gasteiger partial charge in [-0.1, -0.05) is 60.7 Å². The lowest BCUT2D eigenvalue weighted by atomic mass is 9.97. The maximum atomic E-state index is 12.3. The van der Waals surface area contributed by atoms with Crippen LogP contribution in [0.2, 0.25) is 0 Å². The molecule has 0 unspecified atom stereocenters. The average Bonchev–Trinajstić information content (AvgIpc) is 3.02. The summed E-state index contributed by atoms with van der Waals surface area (Å²) in [5, 5.41) is 10.5.